The number of carbonyl (C=O) groups excluding carboxylic acids is 1. The fourth-order valence-electron chi connectivity index (χ4n) is 0.622. The molecule has 0 aliphatic heterocycles. The van der Waals surface area contributed by atoms with Crippen molar-refractivity contribution in [1.29, 1.82) is 0 Å². The first kappa shape index (κ1) is 7.89. The van der Waals surface area contributed by atoms with Crippen molar-refractivity contribution in [2.75, 3.05) is 0 Å². The second-order valence-corrected chi connectivity index (χ2v) is 2.23. The Balaban J connectivity index is 3.52. The highest BCUT2D eigenvalue weighted by molar-refractivity contribution is 7.96. The van der Waals surface area contributed by atoms with Crippen LogP contribution in [0.25, 0.3) is 0 Å². The van der Waals surface area contributed by atoms with Gasteiger partial charge in [0.15, 0.2) is 0 Å². The van der Waals surface area contributed by atoms with E-state index in [4.69, 9.17) is 0 Å². The third kappa shape index (κ3) is 2.26. The van der Waals surface area contributed by atoms with Crippen molar-refractivity contribution in [3.05, 3.63) is 0 Å². The van der Waals surface area contributed by atoms with E-state index in [1.54, 1.807) is 0 Å². The van der Waals surface area contributed by atoms with Gasteiger partial charge in [-0.05, 0) is 25.5 Å². The molecule has 0 rings (SSSR count). The molecule has 0 aliphatic carbocycles. The van der Waals surface area contributed by atoms with Gasteiger partial charge in [0.05, 0.1) is 0 Å². The normalized spacial score (nSPS) is 9.88. The smallest absolute Gasteiger partial charge is 0.221 e. The van der Waals surface area contributed by atoms with Crippen molar-refractivity contribution >= 4 is 17.7 Å². The molecule has 1 nitrogen and oxygen atoms in total. The lowest BCUT2D eigenvalue weighted by Gasteiger charge is -2.02. The first-order valence-corrected chi connectivity index (χ1v) is 3.34. The molecule has 0 aromatic heterocycles. The summed E-state index contributed by atoms with van der Waals surface area (Å²) in [5.41, 5.74) is 0. The average molecular weight is 131 g/mol. The summed E-state index contributed by atoms with van der Waals surface area (Å²) in [5, 5.41) is -0.0880. The van der Waals surface area contributed by atoms with Crippen LogP contribution in [0.4, 0.5) is 0 Å². The minimum absolute atomic E-state index is 0.0880. The summed E-state index contributed by atoms with van der Waals surface area (Å²) in [7, 11) is 0. The van der Waals surface area contributed by atoms with Gasteiger partial charge in [0.2, 0.25) is 5.12 Å². The summed E-state index contributed by atoms with van der Waals surface area (Å²) in [6.07, 6.45) is 1.78. The molecule has 47 valence electrons. The highest BCUT2D eigenvalue weighted by atomic mass is 32.1. The van der Waals surface area contributed by atoms with Crippen molar-refractivity contribution < 1.29 is 4.79 Å². The molecule has 0 aromatic carbocycles. The van der Waals surface area contributed by atoms with Crippen molar-refractivity contribution in [2.45, 2.75) is 26.7 Å². The Kier molecular flexibility index (Phi) is 3.79. The van der Waals surface area contributed by atoms with E-state index in [1.165, 1.54) is 0 Å². The van der Waals surface area contributed by atoms with E-state index >= 15 is 0 Å². The molecule has 2 heteroatoms. The fraction of sp³-hybridized carbons (Fsp3) is 0.833. The van der Waals surface area contributed by atoms with Gasteiger partial charge in [0, 0.05) is 5.92 Å². The highest BCUT2D eigenvalue weighted by Gasteiger charge is 2.09. The Bertz CT molecular complexity index is 76.6. The second kappa shape index (κ2) is 3.84. The fourth-order valence-corrected chi connectivity index (χ4v) is 0.955. The first-order chi connectivity index (χ1) is 3.72. The standard InChI is InChI=1S/C6H11OS/c1-3-5(4-2)6(7)8/h5H,3-4H2,1-2H3. The van der Waals surface area contributed by atoms with E-state index in [-0.39, 0.29) is 11.0 Å². The van der Waals surface area contributed by atoms with Gasteiger partial charge in [-0.3, -0.25) is 4.79 Å². The van der Waals surface area contributed by atoms with E-state index in [9.17, 15) is 4.79 Å². The molecule has 0 bridgehead atoms. The lowest BCUT2D eigenvalue weighted by Crippen LogP contribution is -2.04. The monoisotopic (exact) mass is 131 g/mol. The van der Waals surface area contributed by atoms with Crippen LogP contribution >= 0.6 is 12.6 Å². The number of hydrogen-bond acceptors (Lipinski definition) is 1. The molecule has 0 spiro atoms. The maximum absolute atomic E-state index is 10.4. The maximum Gasteiger partial charge on any atom is 0.221 e. The molecule has 0 atom stereocenters. The van der Waals surface area contributed by atoms with Crippen molar-refractivity contribution in [1.82, 2.24) is 0 Å². The van der Waals surface area contributed by atoms with Crippen molar-refractivity contribution in [2.24, 2.45) is 5.92 Å². The van der Waals surface area contributed by atoms with Crippen molar-refractivity contribution in [3.8, 4) is 0 Å². The molecular weight excluding hydrogens is 120 g/mol. The van der Waals surface area contributed by atoms with Crippen LogP contribution in [0.5, 0.6) is 0 Å². The Morgan fingerprint density at radius 1 is 1.50 bits per heavy atom. The zero-order valence-corrected chi connectivity index (χ0v) is 6.12. The van der Waals surface area contributed by atoms with Crippen LogP contribution in [0, 0.1) is 5.92 Å². The summed E-state index contributed by atoms with van der Waals surface area (Å²) < 4.78 is 0. The van der Waals surface area contributed by atoms with E-state index in [0.29, 0.717) is 0 Å². The molecule has 0 saturated carbocycles. The van der Waals surface area contributed by atoms with Gasteiger partial charge in [-0.2, -0.15) is 0 Å². The first-order valence-electron chi connectivity index (χ1n) is 2.93. The van der Waals surface area contributed by atoms with Gasteiger partial charge in [0.25, 0.3) is 0 Å². The summed E-state index contributed by atoms with van der Waals surface area (Å²) in [5.74, 6) is 0.130. The molecule has 0 amide bonds. The minimum atomic E-state index is -0.0880. The van der Waals surface area contributed by atoms with Crippen LogP contribution in [-0.4, -0.2) is 5.12 Å². The molecule has 0 saturated heterocycles. The van der Waals surface area contributed by atoms with E-state index in [0.717, 1.165) is 12.8 Å². The SMILES string of the molecule is CCC(CC)C(=O)[S]. The minimum Gasteiger partial charge on any atom is -0.282 e. The zero-order valence-electron chi connectivity index (χ0n) is 5.31. The summed E-state index contributed by atoms with van der Waals surface area (Å²) in [6.45, 7) is 3.97. The molecule has 0 heterocycles. The van der Waals surface area contributed by atoms with Gasteiger partial charge in [-0.25, -0.2) is 0 Å². The van der Waals surface area contributed by atoms with Gasteiger partial charge < -0.3 is 0 Å². The molecule has 0 fully saturated rings. The average Bonchev–Trinajstić information content (AvgIpc) is 1.69. The number of carbonyl (C=O) groups is 1. The number of rotatable bonds is 3. The third-order valence-electron chi connectivity index (χ3n) is 1.32. The van der Waals surface area contributed by atoms with Gasteiger partial charge in [0.1, 0.15) is 0 Å². The molecule has 0 unspecified atom stereocenters. The predicted octanol–water partition coefficient (Wildman–Crippen LogP) is 2.15. The Morgan fingerprint density at radius 2 is 1.88 bits per heavy atom. The highest BCUT2D eigenvalue weighted by Crippen LogP contribution is 2.09. The molecular formula is C6H11OS. The van der Waals surface area contributed by atoms with E-state index < -0.39 is 0 Å². The topological polar surface area (TPSA) is 17.1 Å². The van der Waals surface area contributed by atoms with Crippen LogP contribution in [0.1, 0.15) is 26.7 Å². The van der Waals surface area contributed by atoms with Gasteiger partial charge >= 0.3 is 0 Å². The van der Waals surface area contributed by atoms with Crippen LogP contribution in [0.3, 0.4) is 0 Å². The molecule has 0 aliphatic rings. The summed E-state index contributed by atoms with van der Waals surface area (Å²) in [4.78, 5) is 10.4. The maximum atomic E-state index is 10.4. The molecule has 0 aromatic rings. The molecule has 0 N–H and O–H groups in total. The van der Waals surface area contributed by atoms with Crippen LogP contribution in [0.2, 0.25) is 0 Å². The summed E-state index contributed by atoms with van der Waals surface area (Å²) in [6, 6.07) is 0. The molecule has 1 radical (unpaired) electrons. The quantitative estimate of drug-likeness (QED) is 0.573. The van der Waals surface area contributed by atoms with Crippen LogP contribution < -0.4 is 0 Å². The van der Waals surface area contributed by atoms with E-state index in [2.05, 4.69) is 12.6 Å². The Labute approximate surface area is 55.9 Å². The predicted molar refractivity (Wildman–Crippen MR) is 36.7 cm³/mol. The van der Waals surface area contributed by atoms with Gasteiger partial charge in [-0.1, -0.05) is 13.8 Å². The van der Waals surface area contributed by atoms with Gasteiger partial charge in [-0.15, -0.1) is 0 Å². The molecule has 8 heavy (non-hydrogen) atoms. The zero-order chi connectivity index (χ0) is 6.57. The van der Waals surface area contributed by atoms with Crippen LogP contribution in [0.15, 0.2) is 0 Å². The third-order valence-corrected chi connectivity index (χ3v) is 1.65. The number of hydrogen-bond donors (Lipinski definition) is 0. The van der Waals surface area contributed by atoms with E-state index in [1.807, 2.05) is 13.8 Å². The summed E-state index contributed by atoms with van der Waals surface area (Å²) >= 11 is 4.46. The largest absolute Gasteiger partial charge is 0.282 e. The van der Waals surface area contributed by atoms with Crippen molar-refractivity contribution in [3.63, 3.8) is 0 Å². The Hall–Kier alpha value is -0.110. The second-order valence-electron chi connectivity index (χ2n) is 1.83. The lowest BCUT2D eigenvalue weighted by atomic mass is 10.1. The Morgan fingerprint density at radius 3 is 1.88 bits per heavy atom. The lowest BCUT2D eigenvalue weighted by molar-refractivity contribution is -0.114. The van der Waals surface area contributed by atoms with Crippen LogP contribution in [-0.2, 0) is 4.79 Å².